The summed E-state index contributed by atoms with van der Waals surface area (Å²) in [6.45, 7) is 13.5. The van der Waals surface area contributed by atoms with E-state index in [-0.39, 0.29) is 6.61 Å². The van der Waals surface area contributed by atoms with Gasteiger partial charge in [-0.25, -0.2) is 0 Å². The summed E-state index contributed by atoms with van der Waals surface area (Å²) in [6.07, 6.45) is 0. The third-order valence-corrected chi connectivity index (χ3v) is 2.90. The molecule has 0 aromatic carbocycles. The molecule has 0 radical (unpaired) electrons. The van der Waals surface area contributed by atoms with Gasteiger partial charge in [0.15, 0.2) is 0 Å². The summed E-state index contributed by atoms with van der Waals surface area (Å²) in [4.78, 5) is 0. The normalized spacial score (nSPS) is 14.4. The van der Waals surface area contributed by atoms with Gasteiger partial charge in [-0.3, -0.25) is 0 Å². The summed E-state index contributed by atoms with van der Waals surface area (Å²) in [6, 6.07) is 0. The van der Waals surface area contributed by atoms with Gasteiger partial charge < -0.3 is 10.4 Å². The highest BCUT2D eigenvalue weighted by Crippen LogP contribution is 2.19. The van der Waals surface area contributed by atoms with Crippen LogP contribution >= 0.6 is 0 Å². The Bertz CT molecular complexity index is 126. The van der Waals surface area contributed by atoms with Gasteiger partial charge in [0.2, 0.25) is 0 Å². The van der Waals surface area contributed by atoms with E-state index in [4.69, 9.17) is 5.11 Å². The summed E-state index contributed by atoms with van der Waals surface area (Å²) in [5.41, 5.74) is 0. The maximum Gasteiger partial charge on any atom is 0.0468 e. The van der Waals surface area contributed by atoms with Gasteiger partial charge in [0.25, 0.3) is 0 Å². The van der Waals surface area contributed by atoms with Crippen LogP contribution in [-0.4, -0.2) is 24.8 Å². The first-order valence-corrected chi connectivity index (χ1v) is 5.80. The Hall–Kier alpha value is -0.0800. The second kappa shape index (κ2) is 7.24. The first kappa shape index (κ1) is 13.9. The predicted octanol–water partition coefficient (Wildman–Crippen LogP) is 2.13. The van der Waals surface area contributed by atoms with Crippen molar-refractivity contribution >= 4 is 0 Å². The number of hydrogen-bond donors (Lipinski definition) is 2. The summed E-state index contributed by atoms with van der Waals surface area (Å²) < 4.78 is 0. The summed E-state index contributed by atoms with van der Waals surface area (Å²) in [5, 5.41) is 12.3. The zero-order valence-corrected chi connectivity index (χ0v) is 10.4. The lowest BCUT2D eigenvalue weighted by molar-refractivity contribution is 0.222. The predicted molar refractivity (Wildman–Crippen MR) is 62.3 cm³/mol. The molecule has 0 bridgehead atoms. The lowest BCUT2D eigenvalue weighted by Crippen LogP contribution is -2.33. The van der Waals surface area contributed by atoms with Crippen LogP contribution in [0.4, 0.5) is 0 Å². The summed E-state index contributed by atoms with van der Waals surface area (Å²) >= 11 is 0. The van der Waals surface area contributed by atoms with E-state index in [2.05, 4.69) is 39.9 Å². The Balaban J connectivity index is 3.72. The number of aliphatic hydroxyl groups is 1. The molecule has 0 saturated carbocycles. The molecule has 1 atom stereocenters. The van der Waals surface area contributed by atoms with E-state index in [0.29, 0.717) is 5.92 Å². The molecule has 86 valence electrons. The smallest absolute Gasteiger partial charge is 0.0468 e. The Morgan fingerprint density at radius 1 is 0.929 bits per heavy atom. The molecular formula is C12H27NO. The molecule has 0 aliphatic rings. The topological polar surface area (TPSA) is 32.3 Å². The Morgan fingerprint density at radius 3 is 1.79 bits per heavy atom. The van der Waals surface area contributed by atoms with Gasteiger partial charge in [-0.05, 0) is 36.8 Å². The molecule has 0 aromatic rings. The van der Waals surface area contributed by atoms with Crippen molar-refractivity contribution in [3.8, 4) is 0 Å². The number of rotatable bonds is 7. The minimum absolute atomic E-state index is 0.279. The quantitative estimate of drug-likeness (QED) is 0.661. The molecule has 0 aromatic heterocycles. The molecule has 0 spiro atoms. The molecule has 2 heteroatoms. The van der Waals surface area contributed by atoms with Crippen molar-refractivity contribution < 1.29 is 5.11 Å². The standard InChI is InChI=1S/C12H27NO/c1-9(2)12(10(3)4)7-13-6-11(5)8-14/h9-14H,6-8H2,1-5H3. The molecule has 0 rings (SSSR count). The Labute approximate surface area is 89.1 Å². The Morgan fingerprint density at radius 2 is 1.43 bits per heavy atom. The van der Waals surface area contributed by atoms with E-state index in [1.165, 1.54) is 0 Å². The molecule has 2 nitrogen and oxygen atoms in total. The van der Waals surface area contributed by atoms with Gasteiger partial charge in [0.1, 0.15) is 0 Å². The average molecular weight is 201 g/mol. The van der Waals surface area contributed by atoms with Crippen molar-refractivity contribution in [2.45, 2.75) is 34.6 Å². The number of hydrogen-bond acceptors (Lipinski definition) is 2. The van der Waals surface area contributed by atoms with Crippen LogP contribution in [0.3, 0.4) is 0 Å². The fraction of sp³-hybridized carbons (Fsp3) is 1.00. The van der Waals surface area contributed by atoms with E-state index < -0.39 is 0 Å². The highest BCUT2D eigenvalue weighted by molar-refractivity contribution is 4.70. The van der Waals surface area contributed by atoms with Crippen molar-refractivity contribution in [3.05, 3.63) is 0 Å². The van der Waals surface area contributed by atoms with E-state index in [9.17, 15) is 0 Å². The molecule has 0 fully saturated rings. The van der Waals surface area contributed by atoms with Gasteiger partial charge in [0, 0.05) is 6.61 Å². The van der Waals surface area contributed by atoms with Gasteiger partial charge in [-0.2, -0.15) is 0 Å². The zero-order chi connectivity index (χ0) is 11.1. The van der Waals surface area contributed by atoms with Gasteiger partial charge >= 0.3 is 0 Å². The van der Waals surface area contributed by atoms with E-state index >= 15 is 0 Å². The largest absolute Gasteiger partial charge is 0.396 e. The van der Waals surface area contributed by atoms with Crippen molar-refractivity contribution in [2.24, 2.45) is 23.7 Å². The summed E-state index contributed by atoms with van der Waals surface area (Å²) in [7, 11) is 0. The van der Waals surface area contributed by atoms with E-state index in [1.54, 1.807) is 0 Å². The van der Waals surface area contributed by atoms with Crippen molar-refractivity contribution in [2.75, 3.05) is 19.7 Å². The van der Waals surface area contributed by atoms with Gasteiger partial charge in [0.05, 0.1) is 0 Å². The molecule has 0 aliphatic carbocycles. The molecule has 0 aliphatic heterocycles. The summed E-state index contributed by atoms with van der Waals surface area (Å²) in [5.74, 6) is 2.56. The first-order chi connectivity index (χ1) is 6.49. The van der Waals surface area contributed by atoms with Crippen LogP contribution < -0.4 is 5.32 Å². The van der Waals surface area contributed by atoms with Crippen LogP contribution in [0.1, 0.15) is 34.6 Å². The van der Waals surface area contributed by atoms with Crippen molar-refractivity contribution in [1.29, 1.82) is 0 Å². The highest BCUT2D eigenvalue weighted by atomic mass is 16.3. The fourth-order valence-electron chi connectivity index (χ4n) is 1.80. The second-order valence-corrected chi connectivity index (χ2v) is 5.10. The van der Waals surface area contributed by atoms with E-state index in [1.807, 2.05) is 0 Å². The fourth-order valence-corrected chi connectivity index (χ4v) is 1.80. The number of aliphatic hydroxyl groups excluding tert-OH is 1. The minimum atomic E-state index is 0.279. The lowest BCUT2D eigenvalue weighted by Gasteiger charge is -2.25. The van der Waals surface area contributed by atoms with Gasteiger partial charge in [-0.15, -0.1) is 0 Å². The molecule has 14 heavy (non-hydrogen) atoms. The third kappa shape index (κ3) is 5.61. The molecule has 1 unspecified atom stereocenters. The van der Waals surface area contributed by atoms with Gasteiger partial charge in [-0.1, -0.05) is 34.6 Å². The van der Waals surface area contributed by atoms with Crippen LogP contribution in [0.2, 0.25) is 0 Å². The average Bonchev–Trinajstić information content (AvgIpc) is 2.10. The molecule has 0 amide bonds. The number of nitrogens with one attached hydrogen (secondary N) is 1. The SMILES string of the molecule is CC(CO)CNCC(C(C)C)C(C)C. The Kier molecular flexibility index (Phi) is 7.20. The van der Waals surface area contributed by atoms with Crippen molar-refractivity contribution in [1.82, 2.24) is 5.32 Å². The minimum Gasteiger partial charge on any atom is -0.396 e. The molecule has 0 heterocycles. The van der Waals surface area contributed by atoms with Crippen LogP contribution in [0.5, 0.6) is 0 Å². The zero-order valence-electron chi connectivity index (χ0n) is 10.4. The molecular weight excluding hydrogens is 174 g/mol. The first-order valence-electron chi connectivity index (χ1n) is 5.80. The highest BCUT2D eigenvalue weighted by Gasteiger charge is 2.16. The van der Waals surface area contributed by atoms with Crippen LogP contribution in [0.15, 0.2) is 0 Å². The van der Waals surface area contributed by atoms with Crippen molar-refractivity contribution in [3.63, 3.8) is 0 Å². The van der Waals surface area contributed by atoms with Crippen LogP contribution in [-0.2, 0) is 0 Å². The van der Waals surface area contributed by atoms with Crippen LogP contribution in [0.25, 0.3) is 0 Å². The van der Waals surface area contributed by atoms with Crippen LogP contribution in [0, 0.1) is 23.7 Å². The maximum atomic E-state index is 8.88. The second-order valence-electron chi connectivity index (χ2n) is 5.10. The molecule has 0 saturated heterocycles. The third-order valence-electron chi connectivity index (χ3n) is 2.90. The molecule has 2 N–H and O–H groups in total. The lowest BCUT2D eigenvalue weighted by atomic mass is 9.85. The van der Waals surface area contributed by atoms with E-state index in [0.717, 1.165) is 30.8 Å². The maximum absolute atomic E-state index is 8.88. The monoisotopic (exact) mass is 201 g/mol.